The highest BCUT2D eigenvalue weighted by molar-refractivity contribution is 5.97. The molecule has 8 rings (SSSR count). The Kier molecular flexibility index (Phi) is 11.3. The average Bonchev–Trinajstić information content (AvgIpc) is 3.55. The summed E-state index contributed by atoms with van der Waals surface area (Å²) in [5.74, 6) is 0.580. The summed E-state index contributed by atoms with van der Waals surface area (Å²) >= 11 is 0. The molecule has 4 aliphatic heterocycles. The van der Waals surface area contributed by atoms with Crippen molar-refractivity contribution < 1.29 is 19.1 Å². The number of hydrogen-bond donors (Lipinski definition) is 0. The second-order valence-corrected chi connectivity index (χ2v) is 16.1. The second kappa shape index (κ2) is 16.9. The molecule has 1 aromatic heterocycles. The van der Waals surface area contributed by atoms with Gasteiger partial charge in [-0.2, -0.15) is 15.2 Å². The lowest BCUT2D eigenvalue weighted by Crippen LogP contribution is -2.64. The molecule has 5 heterocycles. The monoisotopic (exact) mass is 780 g/mol. The third-order valence-electron chi connectivity index (χ3n) is 12.3. The molecule has 2 saturated heterocycles. The number of carbonyl (C=O) groups is 2. The van der Waals surface area contributed by atoms with Gasteiger partial charge in [0.15, 0.2) is 0 Å². The van der Waals surface area contributed by atoms with E-state index in [9.17, 15) is 14.9 Å². The van der Waals surface area contributed by atoms with E-state index in [2.05, 4.69) is 71.1 Å². The summed E-state index contributed by atoms with van der Waals surface area (Å²) in [6, 6.07) is 25.0. The lowest BCUT2D eigenvalue weighted by molar-refractivity contribution is -0.144. The lowest BCUT2D eigenvalue weighted by atomic mass is 9.92. The van der Waals surface area contributed by atoms with E-state index in [0.717, 1.165) is 55.0 Å². The van der Waals surface area contributed by atoms with Crippen molar-refractivity contribution in [1.82, 2.24) is 24.7 Å². The molecule has 0 aliphatic carbocycles. The molecular formula is C46H52N8O4. The minimum Gasteiger partial charge on any atom is -0.462 e. The van der Waals surface area contributed by atoms with Gasteiger partial charge in [-0.15, -0.1) is 0 Å². The van der Waals surface area contributed by atoms with E-state index in [1.54, 1.807) is 24.1 Å². The summed E-state index contributed by atoms with van der Waals surface area (Å²) in [6.07, 6.45) is 9.86. The Morgan fingerprint density at radius 2 is 1.78 bits per heavy atom. The molecule has 0 unspecified atom stereocenters. The molecule has 300 valence electrons. The van der Waals surface area contributed by atoms with Crippen LogP contribution in [0.25, 0.3) is 10.8 Å². The molecule has 3 aromatic carbocycles. The van der Waals surface area contributed by atoms with Crippen molar-refractivity contribution in [3.63, 3.8) is 0 Å². The van der Waals surface area contributed by atoms with Crippen LogP contribution in [-0.2, 0) is 29.1 Å². The normalized spacial score (nSPS) is 22.1. The van der Waals surface area contributed by atoms with Gasteiger partial charge >= 0.3 is 12.1 Å². The standard InChI is InChI=1S/C46H52N8O4/c1-33-13-10-16-35-17-11-19-40(41(33)35)51-26-21-38-39(30-51)48-44(57-32-37-18-12-24-50(37)3)49-42(38)52-27-28-53(36(29-52)20-23-47)43(55)46(2)22-8-5-9-25-54(46)45(56)58-31-34-14-6-4-7-15-34/h4-11,13-17,19,25,36-37H,12,18,20-22,24,26-32H2,1-3H3/t36-,37-,46-/m0/s1. The van der Waals surface area contributed by atoms with Crippen LogP contribution in [0.2, 0.25) is 0 Å². The van der Waals surface area contributed by atoms with Crippen LogP contribution in [0.4, 0.5) is 16.3 Å². The van der Waals surface area contributed by atoms with Crippen molar-refractivity contribution in [3.05, 3.63) is 114 Å². The number of piperazine rings is 1. The van der Waals surface area contributed by atoms with Gasteiger partial charge in [0.25, 0.3) is 0 Å². The fourth-order valence-corrected chi connectivity index (χ4v) is 8.97. The van der Waals surface area contributed by atoms with Crippen LogP contribution in [0.3, 0.4) is 0 Å². The number of amides is 2. The molecular weight excluding hydrogens is 729 g/mol. The van der Waals surface area contributed by atoms with E-state index < -0.39 is 17.7 Å². The van der Waals surface area contributed by atoms with Crippen LogP contribution < -0.4 is 14.5 Å². The first-order chi connectivity index (χ1) is 28.2. The SMILES string of the molecule is Cc1cccc2cccc(N3CCc4c(nc(OC[C@@H]5CCCN5C)nc4N4CCN(C(=O)[C@]5(C)CC=CC=CN5C(=O)OCc5ccccc5)[C@@H](CC#N)C4)C3)c12. The van der Waals surface area contributed by atoms with Crippen molar-refractivity contribution in [2.24, 2.45) is 0 Å². The molecule has 0 radical (unpaired) electrons. The van der Waals surface area contributed by atoms with Gasteiger partial charge in [0.1, 0.15) is 24.6 Å². The zero-order valence-electron chi connectivity index (χ0n) is 33.7. The van der Waals surface area contributed by atoms with Gasteiger partial charge < -0.3 is 29.1 Å². The maximum atomic E-state index is 14.8. The number of benzene rings is 3. The van der Waals surface area contributed by atoms with Crippen LogP contribution in [-0.4, -0.2) is 101 Å². The minimum atomic E-state index is -1.26. The number of ether oxygens (including phenoxy) is 2. The van der Waals surface area contributed by atoms with E-state index in [0.29, 0.717) is 51.3 Å². The Hall–Kier alpha value is -5.93. The van der Waals surface area contributed by atoms with Gasteiger partial charge in [-0.1, -0.05) is 72.8 Å². The molecule has 0 spiro atoms. The number of allylic oxidation sites excluding steroid dienone is 2. The number of nitrogens with zero attached hydrogens (tertiary/aromatic N) is 8. The first-order valence-electron chi connectivity index (χ1n) is 20.5. The first kappa shape index (κ1) is 38.9. The Morgan fingerprint density at radius 3 is 2.57 bits per heavy atom. The minimum absolute atomic E-state index is 0.0864. The Morgan fingerprint density at radius 1 is 0.948 bits per heavy atom. The number of likely N-dealkylation sites (tertiary alicyclic amines) is 1. The number of anilines is 2. The summed E-state index contributed by atoms with van der Waals surface area (Å²) in [4.78, 5) is 48.7. The highest BCUT2D eigenvalue weighted by Crippen LogP contribution is 2.37. The van der Waals surface area contributed by atoms with Gasteiger partial charge in [0, 0.05) is 55.1 Å². The van der Waals surface area contributed by atoms with Crippen LogP contribution in [0.15, 0.2) is 91.2 Å². The van der Waals surface area contributed by atoms with Crippen molar-refractivity contribution in [2.45, 2.75) is 76.7 Å². The van der Waals surface area contributed by atoms with Crippen molar-refractivity contribution >= 4 is 34.3 Å². The van der Waals surface area contributed by atoms with Crippen molar-refractivity contribution in [2.75, 3.05) is 56.2 Å². The van der Waals surface area contributed by atoms with Gasteiger partial charge in [-0.25, -0.2) is 4.79 Å². The van der Waals surface area contributed by atoms with Gasteiger partial charge in [0.05, 0.1) is 30.8 Å². The average molecular weight is 781 g/mol. The van der Waals surface area contributed by atoms with Gasteiger partial charge in [0.2, 0.25) is 5.91 Å². The highest BCUT2D eigenvalue weighted by Gasteiger charge is 2.47. The van der Waals surface area contributed by atoms with Crippen molar-refractivity contribution in [3.8, 4) is 12.1 Å². The van der Waals surface area contributed by atoms with Crippen LogP contribution >= 0.6 is 0 Å². The fourth-order valence-electron chi connectivity index (χ4n) is 8.97. The number of aryl methyl sites for hydroxylation is 1. The molecule has 2 amide bonds. The molecule has 0 bridgehead atoms. The lowest BCUT2D eigenvalue weighted by Gasteiger charge is -2.46. The maximum Gasteiger partial charge on any atom is 0.415 e. The molecule has 3 atom stereocenters. The Balaban J connectivity index is 1.07. The summed E-state index contributed by atoms with van der Waals surface area (Å²) in [7, 11) is 2.13. The number of rotatable bonds is 9. The van der Waals surface area contributed by atoms with Crippen LogP contribution in [0.1, 0.15) is 55.0 Å². The summed E-state index contributed by atoms with van der Waals surface area (Å²) in [6.45, 7) is 8.23. The second-order valence-electron chi connectivity index (χ2n) is 16.1. The van der Waals surface area contributed by atoms with E-state index in [4.69, 9.17) is 19.4 Å². The molecule has 0 N–H and O–H groups in total. The number of likely N-dealkylation sites (N-methyl/N-ethyl adjacent to an activating group) is 1. The predicted molar refractivity (Wildman–Crippen MR) is 224 cm³/mol. The van der Waals surface area contributed by atoms with Crippen molar-refractivity contribution in [1.29, 1.82) is 5.26 Å². The summed E-state index contributed by atoms with van der Waals surface area (Å²) in [5, 5.41) is 12.6. The largest absolute Gasteiger partial charge is 0.462 e. The van der Waals surface area contributed by atoms with E-state index >= 15 is 0 Å². The molecule has 58 heavy (non-hydrogen) atoms. The zero-order chi connectivity index (χ0) is 40.2. The number of nitriles is 1. The third-order valence-corrected chi connectivity index (χ3v) is 12.3. The molecule has 2 fully saturated rings. The van der Waals surface area contributed by atoms with E-state index in [1.165, 1.54) is 26.9 Å². The highest BCUT2D eigenvalue weighted by atomic mass is 16.6. The van der Waals surface area contributed by atoms with Gasteiger partial charge in [-0.05, 0) is 81.8 Å². The number of hydrogen-bond acceptors (Lipinski definition) is 10. The predicted octanol–water partition coefficient (Wildman–Crippen LogP) is 6.78. The summed E-state index contributed by atoms with van der Waals surface area (Å²) < 4.78 is 12.2. The van der Waals surface area contributed by atoms with Crippen LogP contribution in [0, 0.1) is 18.3 Å². The zero-order valence-corrected chi connectivity index (χ0v) is 33.7. The first-order valence-corrected chi connectivity index (χ1v) is 20.5. The summed E-state index contributed by atoms with van der Waals surface area (Å²) in [5.41, 5.74) is 4.02. The maximum absolute atomic E-state index is 14.8. The number of aromatic nitrogens is 2. The Bertz CT molecular complexity index is 2250. The molecule has 4 aliphatic rings. The quantitative estimate of drug-likeness (QED) is 0.180. The Labute approximate surface area is 340 Å². The molecule has 4 aromatic rings. The molecule has 12 heteroatoms. The third kappa shape index (κ3) is 7.83. The smallest absolute Gasteiger partial charge is 0.415 e. The molecule has 12 nitrogen and oxygen atoms in total. The number of carbonyl (C=O) groups excluding carboxylic acids is 2. The fraction of sp³-hybridized carbons (Fsp3) is 0.413. The number of fused-ring (bicyclic) bond motifs is 2. The van der Waals surface area contributed by atoms with E-state index in [-0.39, 0.29) is 18.9 Å². The van der Waals surface area contributed by atoms with Gasteiger partial charge in [-0.3, -0.25) is 9.69 Å². The topological polar surface area (TPSA) is 118 Å². The van der Waals surface area contributed by atoms with E-state index in [1.807, 2.05) is 42.5 Å². The molecule has 0 saturated carbocycles. The van der Waals surface area contributed by atoms with Crippen LogP contribution in [0.5, 0.6) is 6.01 Å².